The molecule has 136 valence electrons. The topological polar surface area (TPSA) is 64.2 Å². The summed E-state index contributed by atoms with van der Waals surface area (Å²) < 4.78 is 0. The number of aromatic amines is 1. The molecule has 2 aromatic heterocycles. The first-order valence-corrected chi connectivity index (χ1v) is 9.42. The highest BCUT2D eigenvalue weighted by molar-refractivity contribution is 5.83. The number of benzene rings is 1. The van der Waals surface area contributed by atoms with Gasteiger partial charge in [0.1, 0.15) is 5.82 Å². The Morgan fingerprint density at radius 1 is 1.15 bits per heavy atom. The fraction of sp³-hybridized carbons (Fsp3) is 0.381. The molecule has 1 aliphatic heterocycles. The Balaban J connectivity index is 1.36. The number of H-pyrrole nitrogens is 1. The molecule has 0 bridgehead atoms. The van der Waals surface area contributed by atoms with E-state index in [0.29, 0.717) is 6.54 Å². The summed E-state index contributed by atoms with van der Waals surface area (Å²) in [5.41, 5.74) is 3.51. The van der Waals surface area contributed by atoms with Crippen LogP contribution in [0, 0.1) is 0 Å². The van der Waals surface area contributed by atoms with Gasteiger partial charge >= 0.3 is 0 Å². The third-order valence-corrected chi connectivity index (χ3v) is 5.20. The molecule has 5 nitrogen and oxygen atoms in total. The van der Waals surface area contributed by atoms with Crippen molar-refractivity contribution in [1.82, 2.24) is 15.3 Å². The average Bonchev–Trinajstić information content (AvgIpc) is 3.36. The molecule has 3 N–H and O–H groups in total. The first-order valence-electron chi connectivity index (χ1n) is 9.42. The number of nitrogens with one attached hydrogen (secondary N) is 2. The number of aliphatic hydroxyl groups excluding tert-OH is 1. The van der Waals surface area contributed by atoms with E-state index in [1.54, 1.807) is 0 Å². The fourth-order valence-electron chi connectivity index (χ4n) is 3.68. The number of aromatic nitrogens is 2. The van der Waals surface area contributed by atoms with Crippen molar-refractivity contribution in [3.05, 3.63) is 59.9 Å². The van der Waals surface area contributed by atoms with Gasteiger partial charge in [0.2, 0.25) is 0 Å². The Kier molecular flexibility index (Phi) is 5.18. The van der Waals surface area contributed by atoms with E-state index in [9.17, 15) is 5.11 Å². The zero-order valence-electron chi connectivity index (χ0n) is 15.0. The van der Waals surface area contributed by atoms with E-state index in [0.717, 1.165) is 36.4 Å². The summed E-state index contributed by atoms with van der Waals surface area (Å²) in [4.78, 5) is 10.2. The molecule has 0 amide bonds. The van der Waals surface area contributed by atoms with Gasteiger partial charge in [0.15, 0.2) is 0 Å². The SMILES string of the molecule is OCC(Cc1c[nH]c2ccccc12)NCc1ccc(N2CCCC2)nc1. The van der Waals surface area contributed by atoms with Crippen LogP contribution in [0.5, 0.6) is 0 Å². The molecule has 1 aromatic carbocycles. The quantitative estimate of drug-likeness (QED) is 0.613. The predicted octanol–water partition coefficient (Wildman–Crippen LogP) is 2.86. The summed E-state index contributed by atoms with van der Waals surface area (Å²) in [6.07, 6.45) is 7.30. The first-order chi connectivity index (χ1) is 12.8. The number of para-hydroxylation sites is 1. The Morgan fingerprint density at radius 3 is 2.77 bits per heavy atom. The van der Waals surface area contributed by atoms with E-state index in [-0.39, 0.29) is 12.6 Å². The van der Waals surface area contributed by atoms with E-state index in [4.69, 9.17) is 0 Å². The second-order valence-electron chi connectivity index (χ2n) is 7.04. The van der Waals surface area contributed by atoms with Crippen molar-refractivity contribution in [3.63, 3.8) is 0 Å². The molecule has 1 atom stereocenters. The Morgan fingerprint density at radius 2 is 2.00 bits per heavy atom. The highest BCUT2D eigenvalue weighted by Gasteiger charge is 2.14. The maximum Gasteiger partial charge on any atom is 0.128 e. The van der Waals surface area contributed by atoms with Crippen molar-refractivity contribution in [2.75, 3.05) is 24.6 Å². The molecule has 0 aliphatic carbocycles. The van der Waals surface area contributed by atoms with Gasteiger partial charge in [-0.3, -0.25) is 0 Å². The Labute approximate surface area is 154 Å². The van der Waals surface area contributed by atoms with Gasteiger partial charge in [0, 0.05) is 49.0 Å². The number of pyridine rings is 1. The summed E-state index contributed by atoms with van der Waals surface area (Å²) in [6, 6.07) is 12.5. The summed E-state index contributed by atoms with van der Waals surface area (Å²) in [5.74, 6) is 1.07. The van der Waals surface area contributed by atoms with Crippen LogP contribution in [0.2, 0.25) is 0 Å². The third-order valence-electron chi connectivity index (χ3n) is 5.20. The molecule has 0 radical (unpaired) electrons. The van der Waals surface area contributed by atoms with Crippen LogP contribution in [0.4, 0.5) is 5.82 Å². The lowest BCUT2D eigenvalue weighted by atomic mass is 10.1. The molecule has 0 spiro atoms. The summed E-state index contributed by atoms with van der Waals surface area (Å²) >= 11 is 0. The van der Waals surface area contributed by atoms with E-state index in [2.05, 4.69) is 50.5 Å². The zero-order chi connectivity index (χ0) is 17.8. The molecular formula is C21H26N4O. The van der Waals surface area contributed by atoms with Crippen LogP contribution in [0.1, 0.15) is 24.0 Å². The van der Waals surface area contributed by atoms with Gasteiger partial charge in [-0.05, 0) is 42.5 Å². The summed E-state index contributed by atoms with van der Waals surface area (Å²) in [5, 5.41) is 14.5. The van der Waals surface area contributed by atoms with Crippen LogP contribution >= 0.6 is 0 Å². The number of fused-ring (bicyclic) bond motifs is 1. The van der Waals surface area contributed by atoms with Gasteiger partial charge in [-0.2, -0.15) is 0 Å². The lowest BCUT2D eigenvalue weighted by molar-refractivity contribution is 0.241. The molecular weight excluding hydrogens is 324 g/mol. The molecule has 3 aromatic rings. The molecule has 1 saturated heterocycles. The number of nitrogens with zero attached hydrogens (tertiary/aromatic N) is 2. The van der Waals surface area contributed by atoms with Gasteiger partial charge in [0.25, 0.3) is 0 Å². The van der Waals surface area contributed by atoms with Crippen LogP contribution < -0.4 is 10.2 Å². The highest BCUT2D eigenvalue weighted by Crippen LogP contribution is 2.20. The van der Waals surface area contributed by atoms with Crippen molar-refractivity contribution in [1.29, 1.82) is 0 Å². The standard InChI is InChI=1S/C21H26N4O/c26-15-18(11-17-14-23-20-6-2-1-5-19(17)20)22-12-16-7-8-21(24-13-16)25-9-3-4-10-25/h1-2,5-8,13-14,18,22-23,26H,3-4,9-12,15H2. The summed E-state index contributed by atoms with van der Waals surface area (Å²) in [7, 11) is 0. The minimum Gasteiger partial charge on any atom is -0.395 e. The van der Waals surface area contributed by atoms with Crippen LogP contribution in [-0.4, -0.2) is 40.8 Å². The molecule has 1 aliphatic rings. The molecule has 26 heavy (non-hydrogen) atoms. The minimum absolute atomic E-state index is 0.0208. The third kappa shape index (κ3) is 3.74. The van der Waals surface area contributed by atoms with Crippen LogP contribution in [0.15, 0.2) is 48.8 Å². The summed E-state index contributed by atoms with van der Waals surface area (Å²) in [6.45, 7) is 3.04. The second-order valence-corrected chi connectivity index (χ2v) is 7.04. The van der Waals surface area contributed by atoms with Gasteiger partial charge < -0.3 is 20.3 Å². The van der Waals surface area contributed by atoms with Crippen molar-refractivity contribution in [2.24, 2.45) is 0 Å². The van der Waals surface area contributed by atoms with Gasteiger partial charge in [0.05, 0.1) is 6.61 Å². The minimum atomic E-state index is 0.0208. The molecule has 4 rings (SSSR count). The predicted molar refractivity (Wildman–Crippen MR) is 105 cm³/mol. The lowest BCUT2D eigenvalue weighted by Crippen LogP contribution is -2.34. The van der Waals surface area contributed by atoms with E-state index in [1.165, 1.54) is 23.8 Å². The van der Waals surface area contributed by atoms with E-state index < -0.39 is 0 Å². The number of hydrogen-bond donors (Lipinski definition) is 3. The van der Waals surface area contributed by atoms with Gasteiger partial charge in [-0.15, -0.1) is 0 Å². The van der Waals surface area contributed by atoms with Crippen LogP contribution in [0.25, 0.3) is 10.9 Å². The average molecular weight is 350 g/mol. The molecule has 1 fully saturated rings. The normalized spacial score (nSPS) is 15.7. The van der Waals surface area contributed by atoms with Gasteiger partial charge in [-0.25, -0.2) is 4.98 Å². The largest absolute Gasteiger partial charge is 0.395 e. The van der Waals surface area contributed by atoms with Crippen molar-refractivity contribution in [3.8, 4) is 0 Å². The fourth-order valence-corrected chi connectivity index (χ4v) is 3.68. The number of anilines is 1. The van der Waals surface area contributed by atoms with Gasteiger partial charge in [-0.1, -0.05) is 24.3 Å². The molecule has 5 heteroatoms. The first kappa shape index (κ1) is 17.1. The Bertz CT molecular complexity index is 837. The number of aliphatic hydroxyl groups is 1. The maximum atomic E-state index is 9.77. The molecule has 1 unspecified atom stereocenters. The Hall–Kier alpha value is -2.37. The van der Waals surface area contributed by atoms with E-state index >= 15 is 0 Å². The number of rotatable bonds is 7. The zero-order valence-corrected chi connectivity index (χ0v) is 15.0. The second kappa shape index (κ2) is 7.89. The van der Waals surface area contributed by atoms with Crippen LogP contribution in [0.3, 0.4) is 0 Å². The van der Waals surface area contributed by atoms with Crippen LogP contribution in [-0.2, 0) is 13.0 Å². The van der Waals surface area contributed by atoms with Crippen molar-refractivity contribution >= 4 is 16.7 Å². The molecule has 0 saturated carbocycles. The molecule has 3 heterocycles. The smallest absolute Gasteiger partial charge is 0.128 e. The number of hydrogen-bond acceptors (Lipinski definition) is 4. The maximum absolute atomic E-state index is 9.77. The van der Waals surface area contributed by atoms with E-state index in [1.807, 2.05) is 18.5 Å². The van der Waals surface area contributed by atoms with Crippen molar-refractivity contribution < 1.29 is 5.11 Å². The van der Waals surface area contributed by atoms with Crippen molar-refractivity contribution in [2.45, 2.75) is 31.8 Å². The monoisotopic (exact) mass is 350 g/mol. The lowest BCUT2D eigenvalue weighted by Gasteiger charge is -2.18. The highest BCUT2D eigenvalue weighted by atomic mass is 16.3.